The normalized spacial score (nSPS) is 13.4. The number of nitrogens with zero attached hydrogens (tertiary/aromatic N) is 2. The first kappa shape index (κ1) is 19.8. The molecule has 11 rings (SSSR count). The first-order valence-electron chi connectivity index (χ1n) is 13.9. The molecule has 0 spiro atoms. The Kier molecular flexibility index (Phi) is 3.21. The van der Waals surface area contributed by atoms with Crippen molar-refractivity contribution < 1.29 is 4.42 Å². The quantitative estimate of drug-likeness (QED) is 0.205. The molecule has 3 aromatic heterocycles. The van der Waals surface area contributed by atoms with Gasteiger partial charge in [0.05, 0.1) is 16.6 Å². The van der Waals surface area contributed by atoms with Crippen molar-refractivity contribution >= 4 is 88.7 Å². The van der Waals surface area contributed by atoms with Gasteiger partial charge in [0, 0.05) is 49.2 Å². The van der Waals surface area contributed by atoms with Gasteiger partial charge in [-0.25, -0.2) is 0 Å². The molecule has 0 N–H and O–H groups in total. The second-order valence-electron chi connectivity index (χ2n) is 11.2. The molecule has 0 fully saturated rings. The summed E-state index contributed by atoms with van der Waals surface area (Å²) in [5, 5.41) is 7.56. The Bertz CT molecular complexity index is 2610. The Morgan fingerprint density at radius 2 is 1.10 bits per heavy atom. The molecule has 5 heterocycles. The summed E-state index contributed by atoms with van der Waals surface area (Å²) in [6.07, 6.45) is 0. The van der Waals surface area contributed by atoms with Crippen LogP contribution in [0.2, 0.25) is 0 Å². The Balaban J connectivity index is 1.48. The van der Waals surface area contributed by atoms with Gasteiger partial charge in [0.2, 0.25) is 0 Å². The fraction of sp³-hybridized carbons (Fsp3) is 0. The van der Waals surface area contributed by atoms with Crippen LogP contribution in [0.25, 0.3) is 76.9 Å². The van der Waals surface area contributed by atoms with Crippen LogP contribution in [-0.2, 0) is 0 Å². The molecule has 3 nitrogen and oxygen atoms in total. The number of fused-ring (bicyclic) bond motifs is 14. The summed E-state index contributed by atoms with van der Waals surface area (Å²) >= 11 is 0. The van der Waals surface area contributed by atoms with Crippen LogP contribution in [-0.4, -0.2) is 15.8 Å². The van der Waals surface area contributed by atoms with Crippen LogP contribution in [0.15, 0.2) is 120 Å². The first-order chi connectivity index (χ1) is 19.9. The maximum atomic E-state index is 6.59. The largest absolute Gasteiger partial charge is 0.456 e. The highest BCUT2D eigenvalue weighted by molar-refractivity contribution is 7.02. The molecule has 0 unspecified atom stereocenters. The highest BCUT2D eigenvalue weighted by atomic mass is 16.3. The Labute approximate surface area is 228 Å². The average molecular weight is 506 g/mol. The molecular weight excluding hydrogens is 487 g/mol. The van der Waals surface area contributed by atoms with Crippen molar-refractivity contribution in [3.05, 3.63) is 115 Å². The zero-order valence-corrected chi connectivity index (χ0v) is 21.3. The molecule has 9 aromatic rings. The van der Waals surface area contributed by atoms with E-state index in [0.717, 1.165) is 11.2 Å². The maximum Gasteiger partial charge on any atom is 0.253 e. The Morgan fingerprint density at radius 3 is 1.90 bits per heavy atom. The van der Waals surface area contributed by atoms with Gasteiger partial charge in [0.1, 0.15) is 11.2 Å². The average Bonchev–Trinajstić information content (AvgIpc) is 3.66. The van der Waals surface area contributed by atoms with E-state index in [1.54, 1.807) is 0 Å². The molecule has 2 aliphatic heterocycles. The Morgan fingerprint density at radius 1 is 0.475 bits per heavy atom. The standard InChI is InChI=1S/C36H19BN2O/c1-4-14-26-20(9-1)22-12-7-13-25-35(22)38(26)28-16-8-17-29-33(28)37(25)34-32-23-11-3-6-18-30(23)40-31(32)19-24-21-10-2-5-15-27(21)39(29)36(24)34/h1-19H. The van der Waals surface area contributed by atoms with Crippen molar-refractivity contribution in [1.29, 1.82) is 0 Å². The van der Waals surface area contributed by atoms with E-state index in [0.29, 0.717) is 0 Å². The van der Waals surface area contributed by atoms with Crippen molar-refractivity contribution in [3.63, 3.8) is 0 Å². The lowest BCUT2D eigenvalue weighted by molar-refractivity contribution is 0.669. The van der Waals surface area contributed by atoms with Gasteiger partial charge in [-0.3, -0.25) is 0 Å². The van der Waals surface area contributed by atoms with Crippen LogP contribution < -0.4 is 16.4 Å². The molecule has 4 heteroatoms. The van der Waals surface area contributed by atoms with Gasteiger partial charge in [-0.2, -0.15) is 0 Å². The topological polar surface area (TPSA) is 23.0 Å². The number of hydrogen-bond donors (Lipinski definition) is 0. The molecule has 2 aliphatic rings. The minimum absolute atomic E-state index is 0.0933. The molecule has 0 saturated heterocycles. The van der Waals surface area contributed by atoms with E-state index in [9.17, 15) is 0 Å². The number of aromatic nitrogens is 2. The smallest absolute Gasteiger partial charge is 0.253 e. The van der Waals surface area contributed by atoms with E-state index in [4.69, 9.17) is 4.42 Å². The highest BCUT2D eigenvalue weighted by Crippen LogP contribution is 2.41. The fourth-order valence-electron chi connectivity index (χ4n) is 8.11. The summed E-state index contributed by atoms with van der Waals surface area (Å²) < 4.78 is 11.6. The van der Waals surface area contributed by atoms with Gasteiger partial charge in [0.15, 0.2) is 0 Å². The van der Waals surface area contributed by atoms with Gasteiger partial charge in [-0.15, -0.1) is 0 Å². The summed E-state index contributed by atoms with van der Waals surface area (Å²) in [6.45, 7) is 0.0933. The molecule has 0 atom stereocenters. The second-order valence-corrected chi connectivity index (χ2v) is 11.2. The zero-order valence-electron chi connectivity index (χ0n) is 21.3. The van der Waals surface area contributed by atoms with E-state index in [2.05, 4.69) is 124 Å². The summed E-state index contributed by atoms with van der Waals surface area (Å²) in [7, 11) is 0. The SMILES string of the molecule is c1cc2c3c(c1)-n1c4ccccc4c4cc5oc6ccccc6c5c(c41)B3c1cccc3c4ccccc4n-2c13. The number of furan rings is 1. The minimum Gasteiger partial charge on any atom is -0.456 e. The van der Waals surface area contributed by atoms with Gasteiger partial charge >= 0.3 is 0 Å². The van der Waals surface area contributed by atoms with Crippen LogP contribution in [0.5, 0.6) is 0 Å². The first-order valence-corrected chi connectivity index (χ1v) is 13.9. The molecule has 0 aliphatic carbocycles. The molecule has 0 saturated carbocycles. The highest BCUT2D eigenvalue weighted by Gasteiger charge is 2.42. The van der Waals surface area contributed by atoms with Gasteiger partial charge in [-0.1, -0.05) is 78.9 Å². The summed E-state index contributed by atoms with van der Waals surface area (Å²) in [4.78, 5) is 0. The third kappa shape index (κ3) is 2.03. The molecule has 6 aromatic carbocycles. The third-order valence-electron chi connectivity index (χ3n) is 9.49. The molecule has 0 amide bonds. The van der Waals surface area contributed by atoms with Crippen molar-refractivity contribution in [1.82, 2.24) is 9.13 Å². The van der Waals surface area contributed by atoms with Crippen LogP contribution >= 0.6 is 0 Å². The number of hydrogen-bond acceptors (Lipinski definition) is 1. The van der Waals surface area contributed by atoms with Crippen molar-refractivity contribution in [3.8, 4) is 11.4 Å². The number of para-hydroxylation sites is 4. The number of benzene rings is 6. The van der Waals surface area contributed by atoms with Crippen LogP contribution in [0, 0.1) is 0 Å². The third-order valence-corrected chi connectivity index (χ3v) is 9.49. The van der Waals surface area contributed by atoms with E-state index in [1.807, 2.05) is 0 Å². The monoisotopic (exact) mass is 506 g/mol. The lowest BCUT2D eigenvalue weighted by Gasteiger charge is -2.33. The van der Waals surface area contributed by atoms with Crippen LogP contribution in [0.4, 0.5) is 0 Å². The zero-order chi connectivity index (χ0) is 25.7. The lowest BCUT2D eigenvalue weighted by Crippen LogP contribution is -2.59. The summed E-state index contributed by atoms with van der Waals surface area (Å²) in [6, 6.07) is 42.2. The van der Waals surface area contributed by atoms with E-state index in [1.165, 1.54) is 82.1 Å². The van der Waals surface area contributed by atoms with Crippen molar-refractivity contribution in [2.45, 2.75) is 0 Å². The molecule has 0 bridgehead atoms. The summed E-state index contributed by atoms with van der Waals surface area (Å²) in [5.74, 6) is 0. The van der Waals surface area contributed by atoms with Gasteiger partial charge < -0.3 is 13.6 Å². The molecule has 0 radical (unpaired) electrons. The van der Waals surface area contributed by atoms with Gasteiger partial charge in [0.25, 0.3) is 6.71 Å². The molecule has 40 heavy (non-hydrogen) atoms. The fourth-order valence-corrected chi connectivity index (χ4v) is 8.11. The van der Waals surface area contributed by atoms with Crippen LogP contribution in [0.1, 0.15) is 0 Å². The second kappa shape index (κ2) is 6.49. The summed E-state index contributed by atoms with van der Waals surface area (Å²) in [5.41, 5.74) is 13.7. The maximum absolute atomic E-state index is 6.59. The molecular formula is C36H19BN2O. The lowest BCUT2D eigenvalue weighted by atomic mass is 9.33. The van der Waals surface area contributed by atoms with E-state index in [-0.39, 0.29) is 6.71 Å². The van der Waals surface area contributed by atoms with Crippen molar-refractivity contribution in [2.24, 2.45) is 0 Å². The number of rotatable bonds is 0. The minimum atomic E-state index is 0.0933. The Hall–Kier alpha value is -5.22. The van der Waals surface area contributed by atoms with Crippen molar-refractivity contribution in [2.75, 3.05) is 0 Å². The predicted molar refractivity (Wildman–Crippen MR) is 167 cm³/mol. The van der Waals surface area contributed by atoms with Crippen LogP contribution in [0.3, 0.4) is 0 Å². The van der Waals surface area contributed by atoms with E-state index >= 15 is 0 Å². The van der Waals surface area contributed by atoms with Gasteiger partial charge in [-0.05, 0) is 52.8 Å². The molecule has 182 valence electrons. The predicted octanol–water partition coefficient (Wildman–Crippen LogP) is 6.92. The van der Waals surface area contributed by atoms with E-state index < -0.39 is 0 Å².